The van der Waals surface area contributed by atoms with Gasteiger partial charge in [0.1, 0.15) is 5.82 Å². The highest BCUT2D eigenvalue weighted by molar-refractivity contribution is 5.25. The summed E-state index contributed by atoms with van der Waals surface area (Å²) in [5.41, 5.74) is 8.29. The fraction of sp³-hybridized carbons (Fsp3) is 0.333. The predicted octanol–water partition coefficient (Wildman–Crippen LogP) is -3.02. The molecule has 12 heteroatoms. The van der Waals surface area contributed by atoms with E-state index in [1.54, 1.807) is 22.1 Å². The smallest absolute Gasteiger partial charge is 0.330 e. The minimum absolute atomic E-state index is 0.147. The third-order valence-electron chi connectivity index (χ3n) is 1.93. The number of nitrogens with zero attached hydrogens (tertiary/aromatic N) is 3. The van der Waals surface area contributed by atoms with E-state index in [9.17, 15) is 14.4 Å². The van der Waals surface area contributed by atoms with Gasteiger partial charge in [0.15, 0.2) is 0 Å². The monoisotopic (exact) mass is 298 g/mol. The van der Waals surface area contributed by atoms with Crippen LogP contribution < -0.4 is 28.5 Å². The van der Waals surface area contributed by atoms with Gasteiger partial charge in [0.25, 0.3) is 0 Å². The van der Waals surface area contributed by atoms with Gasteiger partial charge in [-0.2, -0.15) is 15.0 Å². The lowest BCUT2D eigenvalue weighted by Gasteiger charge is -2.00. The molecule has 0 atom stereocenters. The van der Waals surface area contributed by atoms with Crippen LogP contribution in [0.1, 0.15) is 5.82 Å². The van der Waals surface area contributed by atoms with Gasteiger partial charge in [0, 0.05) is 13.5 Å². The van der Waals surface area contributed by atoms with Crippen molar-refractivity contribution in [3.8, 4) is 0 Å². The van der Waals surface area contributed by atoms with Gasteiger partial charge in [-0.25, -0.2) is 14.4 Å². The van der Waals surface area contributed by atoms with Crippen molar-refractivity contribution in [3.05, 3.63) is 37.3 Å². The number of nitrogens with one attached hydrogen (secondary N) is 3. The van der Waals surface area contributed by atoms with Gasteiger partial charge >= 0.3 is 17.1 Å². The first-order valence-corrected chi connectivity index (χ1v) is 5.58. The third kappa shape index (κ3) is 6.11. The van der Waals surface area contributed by atoms with Crippen molar-refractivity contribution < 1.29 is 4.74 Å². The van der Waals surface area contributed by atoms with E-state index in [4.69, 9.17) is 16.2 Å². The molecule has 7 N–H and O–H groups in total. The van der Waals surface area contributed by atoms with Crippen molar-refractivity contribution in [3.63, 3.8) is 0 Å². The first-order valence-electron chi connectivity index (χ1n) is 5.58. The van der Waals surface area contributed by atoms with Crippen LogP contribution in [0.3, 0.4) is 0 Å². The number of hydrogen-bond acceptors (Lipinski definition) is 9. The molecule has 0 aliphatic carbocycles. The molecule has 114 valence electrons. The van der Waals surface area contributed by atoms with E-state index in [2.05, 4.69) is 15.0 Å². The zero-order valence-corrected chi connectivity index (χ0v) is 11.0. The quantitative estimate of drug-likeness (QED) is 0.391. The van der Waals surface area contributed by atoms with Crippen LogP contribution in [0.2, 0.25) is 0 Å². The van der Waals surface area contributed by atoms with Gasteiger partial charge in [-0.1, -0.05) is 0 Å². The Labute approximate surface area is 116 Å². The Balaban J connectivity index is 0.000000219. The molecular weight excluding hydrogens is 284 g/mol. The standard InChI is InChI=1S/C6H11N5O.C3H3N3O3/c1-12-3-2-4-9-5(7)11-6(8)10-4;7-1-4-2(8)6-3(9)5-1/h2-3H2,1H3,(H4,7,8,9,10,11);(H3,4,5,6,7,8,9). The molecule has 0 spiro atoms. The summed E-state index contributed by atoms with van der Waals surface area (Å²) in [6.45, 7) is 0.545. The number of hydrogen-bond donors (Lipinski definition) is 5. The number of ether oxygens (including phenoxy) is 1. The average molecular weight is 298 g/mol. The van der Waals surface area contributed by atoms with E-state index in [0.717, 1.165) is 0 Å². The van der Waals surface area contributed by atoms with Crippen LogP contribution in [-0.4, -0.2) is 43.6 Å². The second-order valence-electron chi connectivity index (χ2n) is 3.57. The van der Waals surface area contributed by atoms with Gasteiger partial charge in [0.2, 0.25) is 11.9 Å². The molecular formula is C9H14N8O4. The molecule has 0 aliphatic rings. The summed E-state index contributed by atoms with van der Waals surface area (Å²) in [4.78, 5) is 47.3. The van der Waals surface area contributed by atoms with Gasteiger partial charge in [-0.3, -0.25) is 15.0 Å². The lowest BCUT2D eigenvalue weighted by molar-refractivity contribution is 0.200. The van der Waals surface area contributed by atoms with Crippen LogP contribution in [0.4, 0.5) is 11.9 Å². The Morgan fingerprint density at radius 3 is 1.71 bits per heavy atom. The maximum atomic E-state index is 10.2. The molecule has 2 heterocycles. The third-order valence-corrected chi connectivity index (χ3v) is 1.93. The zero-order valence-electron chi connectivity index (χ0n) is 11.0. The minimum Gasteiger partial charge on any atom is -0.384 e. The first kappa shape index (κ1) is 16.0. The summed E-state index contributed by atoms with van der Waals surface area (Å²) in [5.74, 6) is 0.851. The van der Waals surface area contributed by atoms with Crippen LogP contribution >= 0.6 is 0 Å². The molecule has 21 heavy (non-hydrogen) atoms. The summed E-state index contributed by atoms with van der Waals surface area (Å²) in [7, 11) is 1.61. The number of nitrogen functional groups attached to an aromatic ring is 2. The Morgan fingerprint density at radius 1 is 0.905 bits per heavy atom. The molecule has 0 amide bonds. The lowest BCUT2D eigenvalue weighted by Crippen LogP contribution is -2.34. The fourth-order valence-electron chi connectivity index (χ4n) is 1.17. The molecule has 0 saturated carbocycles. The molecule has 2 rings (SSSR count). The van der Waals surface area contributed by atoms with Crippen LogP contribution in [0.5, 0.6) is 0 Å². The highest BCUT2D eigenvalue weighted by Crippen LogP contribution is 1.98. The Morgan fingerprint density at radius 2 is 1.33 bits per heavy atom. The molecule has 2 aromatic heterocycles. The Bertz CT molecular complexity index is 649. The molecule has 0 radical (unpaired) electrons. The molecule has 0 aromatic carbocycles. The van der Waals surface area contributed by atoms with Crippen molar-refractivity contribution in [2.45, 2.75) is 6.42 Å². The van der Waals surface area contributed by atoms with Crippen molar-refractivity contribution in [1.82, 2.24) is 29.9 Å². The maximum absolute atomic E-state index is 10.2. The molecule has 2 aromatic rings. The van der Waals surface area contributed by atoms with Gasteiger partial charge in [-0.05, 0) is 0 Å². The van der Waals surface area contributed by atoms with E-state index in [-0.39, 0.29) is 11.9 Å². The normalized spacial score (nSPS) is 9.76. The van der Waals surface area contributed by atoms with E-state index in [1.165, 1.54) is 0 Å². The summed E-state index contributed by atoms with van der Waals surface area (Å²) in [6.07, 6.45) is 0.591. The van der Waals surface area contributed by atoms with E-state index < -0.39 is 17.1 Å². The molecule has 0 aliphatic heterocycles. The van der Waals surface area contributed by atoms with E-state index >= 15 is 0 Å². The molecule has 0 unspecified atom stereocenters. The van der Waals surface area contributed by atoms with Crippen molar-refractivity contribution in [2.75, 3.05) is 25.2 Å². The Hall–Kier alpha value is -3.02. The van der Waals surface area contributed by atoms with Gasteiger partial charge in [-0.15, -0.1) is 0 Å². The zero-order chi connectivity index (χ0) is 15.8. The molecule has 12 nitrogen and oxygen atoms in total. The minimum atomic E-state index is -0.802. The second kappa shape index (κ2) is 7.54. The number of aromatic amines is 3. The number of anilines is 2. The molecule has 0 saturated heterocycles. The largest absolute Gasteiger partial charge is 0.384 e. The number of methoxy groups -OCH3 is 1. The maximum Gasteiger partial charge on any atom is 0.330 e. The lowest BCUT2D eigenvalue weighted by atomic mass is 10.4. The second-order valence-corrected chi connectivity index (χ2v) is 3.57. The van der Waals surface area contributed by atoms with E-state index in [0.29, 0.717) is 18.9 Å². The number of aromatic nitrogens is 6. The van der Waals surface area contributed by atoms with Crippen LogP contribution in [0.25, 0.3) is 0 Å². The van der Waals surface area contributed by atoms with Crippen molar-refractivity contribution >= 4 is 11.9 Å². The average Bonchev–Trinajstić information content (AvgIpc) is 2.34. The Kier molecular flexibility index (Phi) is 5.76. The molecule has 0 bridgehead atoms. The van der Waals surface area contributed by atoms with Crippen LogP contribution in [0.15, 0.2) is 14.4 Å². The summed E-state index contributed by atoms with van der Waals surface area (Å²) < 4.78 is 4.84. The van der Waals surface area contributed by atoms with Crippen LogP contribution in [-0.2, 0) is 11.2 Å². The number of H-pyrrole nitrogens is 3. The summed E-state index contributed by atoms with van der Waals surface area (Å²) >= 11 is 0. The first-order chi connectivity index (χ1) is 9.90. The predicted molar refractivity (Wildman–Crippen MR) is 72.5 cm³/mol. The van der Waals surface area contributed by atoms with Crippen molar-refractivity contribution in [2.24, 2.45) is 0 Å². The summed E-state index contributed by atoms with van der Waals surface area (Å²) in [6, 6.07) is 0. The molecule has 0 fully saturated rings. The highest BCUT2D eigenvalue weighted by atomic mass is 16.5. The van der Waals surface area contributed by atoms with E-state index in [1.807, 2.05) is 0 Å². The highest BCUT2D eigenvalue weighted by Gasteiger charge is 2.00. The number of rotatable bonds is 3. The van der Waals surface area contributed by atoms with Crippen LogP contribution in [0, 0.1) is 0 Å². The number of nitrogens with two attached hydrogens (primary N) is 2. The SMILES string of the molecule is COCCc1nc(N)nc(N)n1.O=c1[nH]c(=O)[nH]c(=O)[nH]1. The van der Waals surface area contributed by atoms with Gasteiger partial charge in [0.05, 0.1) is 6.61 Å². The fourth-order valence-corrected chi connectivity index (χ4v) is 1.17. The van der Waals surface area contributed by atoms with Crippen molar-refractivity contribution in [1.29, 1.82) is 0 Å². The van der Waals surface area contributed by atoms with Gasteiger partial charge < -0.3 is 16.2 Å². The summed E-state index contributed by atoms with van der Waals surface area (Å²) in [5, 5.41) is 0. The topological polar surface area (TPSA) is 199 Å².